The molecule has 0 fully saturated rings. The van der Waals surface area contributed by atoms with Gasteiger partial charge in [0.05, 0.1) is 17.1 Å². The molecule has 174 valence electrons. The van der Waals surface area contributed by atoms with Crippen LogP contribution in [0.2, 0.25) is 0 Å². The van der Waals surface area contributed by atoms with Crippen LogP contribution in [0.5, 0.6) is 5.75 Å². The molecule has 0 saturated heterocycles. The fourth-order valence-electron chi connectivity index (χ4n) is 4.30. The maximum absolute atomic E-state index is 13.4. The van der Waals surface area contributed by atoms with E-state index in [1.165, 1.54) is 6.08 Å². The van der Waals surface area contributed by atoms with Crippen molar-refractivity contribution in [2.75, 3.05) is 20.2 Å². The van der Waals surface area contributed by atoms with E-state index in [1.54, 1.807) is 11.8 Å². The first-order valence-electron chi connectivity index (χ1n) is 11.0. The Morgan fingerprint density at radius 1 is 1.31 bits per heavy atom. The Kier molecular flexibility index (Phi) is 7.26. The fraction of sp³-hybridized carbons (Fsp3) is 0.500. The molecule has 8 nitrogen and oxygen atoms in total. The minimum absolute atomic E-state index is 0.0148. The molecule has 2 amide bonds. The number of ether oxygens (including phenoxy) is 1. The summed E-state index contributed by atoms with van der Waals surface area (Å²) in [6.07, 6.45) is 1.96. The van der Waals surface area contributed by atoms with E-state index in [-0.39, 0.29) is 16.9 Å². The first-order valence-corrected chi connectivity index (χ1v) is 11.0. The van der Waals surface area contributed by atoms with Gasteiger partial charge in [0.2, 0.25) is 5.91 Å². The molecule has 0 saturated carbocycles. The summed E-state index contributed by atoms with van der Waals surface area (Å²) in [6, 6.07) is 5.74. The van der Waals surface area contributed by atoms with Gasteiger partial charge in [0.25, 0.3) is 5.91 Å². The van der Waals surface area contributed by atoms with Gasteiger partial charge in [0.1, 0.15) is 18.1 Å². The van der Waals surface area contributed by atoms with Crippen LogP contribution in [0.4, 0.5) is 0 Å². The lowest BCUT2D eigenvalue weighted by molar-refractivity contribution is -0.127. The van der Waals surface area contributed by atoms with Crippen molar-refractivity contribution in [2.24, 2.45) is 11.1 Å². The molecule has 0 radical (unpaired) electrons. The number of primary amides is 1. The molecule has 2 atom stereocenters. The highest BCUT2D eigenvalue weighted by Crippen LogP contribution is 2.44. The average Bonchev–Trinajstić information content (AvgIpc) is 3.19. The predicted octanol–water partition coefficient (Wildman–Crippen LogP) is 1.92. The second-order valence-electron chi connectivity index (χ2n) is 8.69. The van der Waals surface area contributed by atoms with Gasteiger partial charge in [0, 0.05) is 25.2 Å². The van der Waals surface area contributed by atoms with Gasteiger partial charge in [-0.05, 0) is 49.7 Å². The van der Waals surface area contributed by atoms with Gasteiger partial charge >= 0.3 is 0 Å². The molecule has 1 aliphatic carbocycles. The van der Waals surface area contributed by atoms with Crippen molar-refractivity contribution in [3.05, 3.63) is 52.3 Å². The van der Waals surface area contributed by atoms with E-state index in [9.17, 15) is 19.8 Å². The average molecular weight is 444 g/mol. The van der Waals surface area contributed by atoms with Gasteiger partial charge in [-0.1, -0.05) is 25.8 Å². The summed E-state index contributed by atoms with van der Waals surface area (Å²) in [4.78, 5) is 27.0. The Morgan fingerprint density at radius 3 is 2.69 bits per heavy atom. The van der Waals surface area contributed by atoms with Crippen LogP contribution in [0.25, 0.3) is 0 Å². The summed E-state index contributed by atoms with van der Waals surface area (Å²) >= 11 is 0. The van der Waals surface area contributed by atoms with E-state index in [0.29, 0.717) is 26.1 Å². The number of carbonyl (C=O) groups excluding carboxylic acids is 2. The van der Waals surface area contributed by atoms with Gasteiger partial charge in [-0.2, -0.15) is 0 Å². The number of nitrogens with zero attached hydrogens (tertiary/aromatic N) is 1. The van der Waals surface area contributed by atoms with Crippen molar-refractivity contribution < 1.29 is 24.5 Å². The molecule has 3 rings (SSSR count). The van der Waals surface area contributed by atoms with Gasteiger partial charge < -0.3 is 30.9 Å². The van der Waals surface area contributed by atoms with Crippen LogP contribution in [-0.4, -0.2) is 53.2 Å². The van der Waals surface area contributed by atoms with Crippen LogP contribution < -0.4 is 15.8 Å². The van der Waals surface area contributed by atoms with Crippen molar-refractivity contribution in [3.63, 3.8) is 0 Å². The Balaban J connectivity index is 1.86. The van der Waals surface area contributed by atoms with E-state index >= 15 is 0 Å². The molecule has 2 unspecified atom stereocenters. The smallest absolute Gasteiger partial charge is 0.257 e. The number of nitrogens with two attached hydrogens (primary N) is 1. The first-order chi connectivity index (χ1) is 15.2. The van der Waals surface area contributed by atoms with Crippen LogP contribution in [0.1, 0.15) is 44.2 Å². The van der Waals surface area contributed by atoms with Crippen LogP contribution in [0.3, 0.4) is 0 Å². The number of carbonyl (C=O) groups is 2. The normalized spacial score (nSPS) is 22.6. The molecule has 32 heavy (non-hydrogen) atoms. The first kappa shape index (κ1) is 23.8. The standard InChI is InChI=1S/C24H33N3O5/c1-4-5-8-24(2)20(28)18(22(25)30)12-19(21(24)29)23(31)27-13-15-6-7-17(11-16(15)14-27)32-10-9-26-3/h6-7,11-12,20,26,28-29H,4-5,8-10,13-14H2,1-3H3,(H2,25,30). The van der Waals surface area contributed by atoms with Crippen molar-refractivity contribution >= 4 is 11.8 Å². The monoisotopic (exact) mass is 443 g/mol. The predicted molar refractivity (Wildman–Crippen MR) is 121 cm³/mol. The highest BCUT2D eigenvalue weighted by Gasteiger charge is 2.46. The quantitative estimate of drug-likeness (QED) is 0.432. The topological polar surface area (TPSA) is 125 Å². The minimum Gasteiger partial charge on any atom is -0.511 e. The SMILES string of the molecule is CCCCC1(C)C(O)=C(C(=O)N2Cc3ccc(OCCNC)cc3C2)C=C(C(N)=O)C1O. The molecule has 1 aliphatic heterocycles. The van der Waals surface area contributed by atoms with Gasteiger partial charge in [-0.15, -0.1) is 0 Å². The summed E-state index contributed by atoms with van der Waals surface area (Å²) in [5.74, 6) is -0.657. The molecule has 1 aromatic rings. The molecule has 0 aromatic heterocycles. The van der Waals surface area contributed by atoms with Crippen LogP contribution >= 0.6 is 0 Å². The van der Waals surface area contributed by atoms with Gasteiger partial charge in [-0.25, -0.2) is 0 Å². The molecule has 0 bridgehead atoms. The Hall–Kier alpha value is -2.84. The number of hydrogen-bond acceptors (Lipinski definition) is 6. The highest BCUT2D eigenvalue weighted by atomic mass is 16.5. The number of benzene rings is 1. The van der Waals surface area contributed by atoms with E-state index in [0.717, 1.165) is 36.3 Å². The fourth-order valence-corrected chi connectivity index (χ4v) is 4.30. The molecule has 8 heteroatoms. The summed E-state index contributed by atoms with van der Waals surface area (Å²) in [5, 5.41) is 24.8. The lowest BCUT2D eigenvalue weighted by Gasteiger charge is -2.38. The number of rotatable bonds is 9. The van der Waals surface area contributed by atoms with Crippen molar-refractivity contribution in [1.29, 1.82) is 0 Å². The summed E-state index contributed by atoms with van der Waals surface area (Å²) in [5.41, 5.74) is 6.28. The lowest BCUT2D eigenvalue weighted by Crippen LogP contribution is -2.44. The zero-order valence-corrected chi connectivity index (χ0v) is 19.0. The summed E-state index contributed by atoms with van der Waals surface area (Å²) in [7, 11) is 1.86. The van der Waals surface area contributed by atoms with Crippen molar-refractivity contribution in [2.45, 2.75) is 52.3 Å². The number of aliphatic hydroxyl groups excluding tert-OH is 2. The Morgan fingerprint density at radius 2 is 2.03 bits per heavy atom. The van der Waals surface area contributed by atoms with E-state index in [2.05, 4.69) is 5.32 Å². The molecule has 1 aromatic carbocycles. The second-order valence-corrected chi connectivity index (χ2v) is 8.69. The number of fused-ring (bicyclic) bond motifs is 1. The summed E-state index contributed by atoms with van der Waals surface area (Å²) in [6.45, 7) is 5.68. The van der Waals surface area contributed by atoms with Crippen molar-refractivity contribution in [3.8, 4) is 5.75 Å². The third kappa shape index (κ3) is 4.52. The van der Waals surface area contributed by atoms with E-state index < -0.39 is 23.3 Å². The second kappa shape index (κ2) is 9.75. The third-order valence-electron chi connectivity index (χ3n) is 6.37. The van der Waals surface area contributed by atoms with Gasteiger partial charge in [0.15, 0.2) is 0 Å². The minimum atomic E-state index is -1.27. The largest absolute Gasteiger partial charge is 0.511 e. The van der Waals surface area contributed by atoms with Crippen molar-refractivity contribution in [1.82, 2.24) is 10.2 Å². The summed E-state index contributed by atoms with van der Waals surface area (Å²) < 4.78 is 5.71. The number of nitrogens with one attached hydrogen (secondary N) is 1. The maximum atomic E-state index is 13.4. The zero-order valence-electron chi connectivity index (χ0n) is 19.0. The number of amides is 2. The Bertz CT molecular complexity index is 955. The van der Waals surface area contributed by atoms with E-state index in [1.807, 2.05) is 32.2 Å². The molecule has 2 aliphatic rings. The number of hydrogen-bond donors (Lipinski definition) is 4. The molecule has 0 spiro atoms. The molecular formula is C24H33N3O5. The lowest BCUT2D eigenvalue weighted by atomic mass is 9.70. The van der Waals surface area contributed by atoms with Crippen LogP contribution in [0.15, 0.2) is 41.2 Å². The van der Waals surface area contributed by atoms with Crippen LogP contribution in [0, 0.1) is 5.41 Å². The highest BCUT2D eigenvalue weighted by molar-refractivity contribution is 6.02. The molecular weight excluding hydrogens is 410 g/mol. The number of likely N-dealkylation sites (N-methyl/N-ethyl adjacent to an activating group) is 1. The molecule has 1 heterocycles. The third-order valence-corrected chi connectivity index (χ3v) is 6.37. The molecule has 5 N–H and O–H groups in total. The van der Waals surface area contributed by atoms with E-state index in [4.69, 9.17) is 10.5 Å². The van der Waals surface area contributed by atoms with Crippen LogP contribution in [-0.2, 0) is 22.7 Å². The maximum Gasteiger partial charge on any atom is 0.257 e. The van der Waals surface area contributed by atoms with Gasteiger partial charge in [-0.3, -0.25) is 9.59 Å². The number of aliphatic hydroxyl groups is 2. The zero-order chi connectivity index (χ0) is 23.5. The number of unbranched alkanes of at least 4 members (excludes halogenated alkanes) is 1. The Labute approximate surface area is 188 Å².